The van der Waals surface area contributed by atoms with Crippen LogP contribution >= 0.6 is 11.6 Å². The van der Waals surface area contributed by atoms with Crippen LogP contribution in [0.1, 0.15) is 12.8 Å². The van der Waals surface area contributed by atoms with E-state index < -0.39 is 0 Å². The van der Waals surface area contributed by atoms with Gasteiger partial charge in [-0.2, -0.15) is 0 Å². The van der Waals surface area contributed by atoms with Gasteiger partial charge in [-0.3, -0.25) is 4.79 Å². The van der Waals surface area contributed by atoms with Crippen LogP contribution < -0.4 is 11.1 Å². The average molecular weight is 254 g/mol. The van der Waals surface area contributed by atoms with Crippen LogP contribution in [0, 0.1) is 0 Å². The maximum atomic E-state index is 11.8. The number of nitrogen functional groups attached to an aromatic ring is 1. The van der Waals surface area contributed by atoms with Gasteiger partial charge in [0.15, 0.2) is 0 Å². The molecule has 2 rings (SSSR count). The third kappa shape index (κ3) is 3.03. The maximum Gasteiger partial charge on any atom is 0.241 e. The van der Waals surface area contributed by atoms with E-state index >= 15 is 0 Å². The number of nitrogens with two attached hydrogens (primary N) is 1. The Hall–Kier alpha value is -1.42. The first-order chi connectivity index (χ1) is 8.16. The van der Waals surface area contributed by atoms with Crippen LogP contribution in [0.4, 0.5) is 11.4 Å². The first-order valence-electron chi connectivity index (χ1n) is 5.73. The van der Waals surface area contributed by atoms with Gasteiger partial charge in [0, 0.05) is 18.8 Å². The van der Waals surface area contributed by atoms with Crippen molar-refractivity contribution in [2.75, 3.05) is 30.7 Å². The van der Waals surface area contributed by atoms with Crippen LogP contribution in [0.2, 0.25) is 5.02 Å². The predicted octanol–water partition coefficient (Wildman–Crippen LogP) is 1.96. The molecule has 0 radical (unpaired) electrons. The zero-order valence-corrected chi connectivity index (χ0v) is 10.3. The minimum Gasteiger partial charge on any atom is -0.399 e. The predicted molar refractivity (Wildman–Crippen MR) is 70.2 cm³/mol. The van der Waals surface area contributed by atoms with E-state index in [-0.39, 0.29) is 12.5 Å². The molecule has 0 spiro atoms. The van der Waals surface area contributed by atoms with E-state index in [1.165, 1.54) is 0 Å². The quantitative estimate of drug-likeness (QED) is 0.810. The van der Waals surface area contributed by atoms with Gasteiger partial charge in [-0.15, -0.1) is 0 Å². The molecule has 1 saturated heterocycles. The Morgan fingerprint density at radius 2 is 2.12 bits per heavy atom. The highest BCUT2D eigenvalue weighted by Crippen LogP contribution is 2.23. The summed E-state index contributed by atoms with van der Waals surface area (Å²) in [4.78, 5) is 13.7. The zero-order chi connectivity index (χ0) is 12.3. The third-order valence-electron chi connectivity index (χ3n) is 2.88. The largest absolute Gasteiger partial charge is 0.399 e. The standard InChI is InChI=1S/C12H16ClN3O/c13-10-7-9(14)3-4-11(10)15-8-12(17)16-5-1-2-6-16/h3-4,7,15H,1-2,5-6,8,14H2. The lowest BCUT2D eigenvalue weighted by Gasteiger charge is -2.16. The minimum atomic E-state index is 0.121. The number of carbonyl (C=O) groups is 1. The van der Waals surface area contributed by atoms with Crippen LogP contribution in [0.3, 0.4) is 0 Å². The summed E-state index contributed by atoms with van der Waals surface area (Å²) in [5.74, 6) is 0.121. The van der Waals surface area contributed by atoms with Crippen molar-refractivity contribution in [2.24, 2.45) is 0 Å². The van der Waals surface area contributed by atoms with Gasteiger partial charge in [-0.05, 0) is 31.0 Å². The van der Waals surface area contributed by atoms with E-state index in [0.717, 1.165) is 31.6 Å². The smallest absolute Gasteiger partial charge is 0.241 e. The van der Waals surface area contributed by atoms with E-state index in [0.29, 0.717) is 10.7 Å². The lowest BCUT2D eigenvalue weighted by Crippen LogP contribution is -2.33. The lowest BCUT2D eigenvalue weighted by atomic mass is 10.3. The number of nitrogens with one attached hydrogen (secondary N) is 1. The molecule has 1 aliphatic heterocycles. The molecule has 3 N–H and O–H groups in total. The van der Waals surface area contributed by atoms with Gasteiger partial charge >= 0.3 is 0 Å². The Morgan fingerprint density at radius 1 is 1.41 bits per heavy atom. The molecule has 17 heavy (non-hydrogen) atoms. The molecular weight excluding hydrogens is 238 g/mol. The van der Waals surface area contributed by atoms with Crippen molar-refractivity contribution < 1.29 is 4.79 Å². The fourth-order valence-electron chi connectivity index (χ4n) is 1.92. The van der Waals surface area contributed by atoms with Gasteiger partial charge in [0.25, 0.3) is 0 Å². The van der Waals surface area contributed by atoms with Gasteiger partial charge in [-0.1, -0.05) is 11.6 Å². The molecule has 5 heteroatoms. The van der Waals surface area contributed by atoms with Crippen molar-refractivity contribution in [3.8, 4) is 0 Å². The van der Waals surface area contributed by atoms with Gasteiger partial charge in [0.2, 0.25) is 5.91 Å². The summed E-state index contributed by atoms with van der Waals surface area (Å²) < 4.78 is 0. The van der Waals surface area contributed by atoms with Crippen molar-refractivity contribution in [2.45, 2.75) is 12.8 Å². The van der Waals surface area contributed by atoms with E-state index in [2.05, 4.69) is 5.32 Å². The van der Waals surface area contributed by atoms with E-state index in [1.807, 2.05) is 4.90 Å². The topological polar surface area (TPSA) is 58.4 Å². The second-order valence-electron chi connectivity index (χ2n) is 4.18. The van der Waals surface area contributed by atoms with Crippen LogP contribution in [0.5, 0.6) is 0 Å². The van der Waals surface area contributed by atoms with E-state index in [4.69, 9.17) is 17.3 Å². The summed E-state index contributed by atoms with van der Waals surface area (Å²) in [6.45, 7) is 2.02. The number of carbonyl (C=O) groups excluding carboxylic acids is 1. The second-order valence-corrected chi connectivity index (χ2v) is 4.59. The zero-order valence-electron chi connectivity index (χ0n) is 9.58. The summed E-state index contributed by atoms with van der Waals surface area (Å²) in [6, 6.07) is 5.22. The molecule has 1 aromatic carbocycles. The maximum absolute atomic E-state index is 11.8. The summed E-state index contributed by atoms with van der Waals surface area (Å²) in [6.07, 6.45) is 2.21. The normalized spacial score (nSPS) is 15.0. The summed E-state index contributed by atoms with van der Waals surface area (Å²) in [7, 11) is 0. The molecule has 0 aliphatic carbocycles. The van der Waals surface area contributed by atoms with Crippen LogP contribution in [0.15, 0.2) is 18.2 Å². The highest BCUT2D eigenvalue weighted by molar-refractivity contribution is 6.33. The monoisotopic (exact) mass is 253 g/mol. The summed E-state index contributed by atoms with van der Waals surface area (Å²) in [5, 5.41) is 3.58. The Labute approximate surface area is 106 Å². The molecule has 0 bridgehead atoms. The molecule has 0 saturated carbocycles. The molecule has 0 aromatic heterocycles. The van der Waals surface area contributed by atoms with Gasteiger partial charge in [0.05, 0.1) is 17.3 Å². The number of hydrogen-bond donors (Lipinski definition) is 2. The number of halogens is 1. The molecule has 1 amide bonds. The Morgan fingerprint density at radius 3 is 2.76 bits per heavy atom. The number of nitrogens with zero attached hydrogens (tertiary/aromatic N) is 1. The molecule has 1 aromatic rings. The average Bonchev–Trinajstić information content (AvgIpc) is 2.81. The SMILES string of the molecule is Nc1ccc(NCC(=O)N2CCCC2)c(Cl)c1. The third-order valence-corrected chi connectivity index (χ3v) is 3.19. The molecule has 0 atom stereocenters. The van der Waals surface area contributed by atoms with Gasteiger partial charge < -0.3 is 16.0 Å². The first kappa shape index (κ1) is 12.0. The van der Waals surface area contributed by atoms with E-state index in [9.17, 15) is 4.79 Å². The molecule has 4 nitrogen and oxygen atoms in total. The summed E-state index contributed by atoms with van der Waals surface area (Å²) >= 11 is 6.01. The molecule has 0 unspecified atom stereocenters. The van der Waals surface area contributed by atoms with Crippen LogP contribution in [-0.4, -0.2) is 30.4 Å². The molecule has 1 aliphatic rings. The molecule has 1 heterocycles. The highest BCUT2D eigenvalue weighted by atomic mass is 35.5. The number of rotatable bonds is 3. The van der Waals surface area contributed by atoms with Crippen molar-refractivity contribution >= 4 is 28.9 Å². The number of anilines is 2. The van der Waals surface area contributed by atoms with E-state index in [1.54, 1.807) is 18.2 Å². The lowest BCUT2D eigenvalue weighted by molar-refractivity contribution is -0.128. The minimum absolute atomic E-state index is 0.121. The Bertz CT molecular complexity index is 416. The first-order valence-corrected chi connectivity index (χ1v) is 6.11. The number of hydrogen-bond acceptors (Lipinski definition) is 3. The fourth-order valence-corrected chi connectivity index (χ4v) is 2.18. The van der Waals surface area contributed by atoms with Crippen molar-refractivity contribution in [3.63, 3.8) is 0 Å². The van der Waals surface area contributed by atoms with Crippen molar-refractivity contribution in [1.29, 1.82) is 0 Å². The Kier molecular flexibility index (Phi) is 3.74. The number of amides is 1. The van der Waals surface area contributed by atoms with Crippen molar-refractivity contribution in [1.82, 2.24) is 4.90 Å². The summed E-state index contributed by atoms with van der Waals surface area (Å²) in [5.41, 5.74) is 6.96. The van der Waals surface area contributed by atoms with Crippen LogP contribution in [0.25, 0.3) is 0 Å². The highest BCUT2D eigenvalue weighted by Gasteiger charge is 2.17. The molecule has 1 fully saturated rings. The number of likely N-dealkylation sites (tertiary alicyclic amines) is 1. The van der Waals surface area contributed by atoms with Gasteiger partial charge in [-0.25, -0.2) is 0 Å². The van der Waals surface area contributed by atoms with Gasteiger partial charge in [0.1, 0.15) is 0 Å². The second kappa shape index (κ2) is 5.27. The van der Waals surface area contributed by atoms with Crippen molar-refractivity contribution in [3.05, 3.63) is 23.2 Å². The van der Waals surface area contributed by atoms with Crippen LogP contribution in [-0.2, 0) is 4.79 Å². The fraction of sp³-hybridized carbons (Fsp3) is 0.417. The molecular formula is C12H16ClN3O. The molecule has 92 valence electrons. The number of benzene rings is 1. The Balaban J connectivity index is 1.90.